The van der Waals surface area contributed by atoms with Gasteiger partial charge in [-0.25, -0.2) is 0 Å². The van der Waals surface area contributed by atoms with Crippen LogP contribution in [0.25, 0.3) is 0 Å². The summed E-state index contributed by atoms with van der Waals surface area (Å²) >= 11 is 0. The molecule has 2 fully saturated rings. The van der Waals surface area contributed by atoms with Gasteiger partial charge in [-0.1, -0.05) is 13.3 Å². The molecule has 0 aliphatic carbocycles. The quantitative estimate of drug-likeness (QED) is 0.747. The van der Waals surface area contributed by atoms with Crippen LogP contribution < -0.4 is 5.32 Å². The minimum Gasteiger partial charge on any atom is -0.381 e. The SMILES string of the molecule is CCCC1CNCCC1C1CCOC1. The van der Waals surface area contributed by atoms with E-state index in [1.54, 1.807) is 0 Å². The molecule has 0 bridgehead atoms. The zero-order valence-corrected chi connectivity index (χ0v) is 9.30. The molecule has 3 atom stereocenters. The van der Waals surface area contributed by atoms with Crippen LogP contribution in [0.4, 0.5) is 0 Å². The van der Waals surface area contributed by atoms with Crippen molar-refractivity contribution in [3.63, 3.8) is 0 Å². The van der Waals surface area contributed by atoms with Crippen molar-refractivity contribution in [2.45, 2.75) is 32.6 Å². The maximum Gasteiger partial charge on any atom is 0.0497 e. The summed E-state index contributed by atoms with van der Waals surface area (Å²) in [5, 5.41) is 3.53. The molecule has 0 aromatic carbocycles. The average Bonchev–Trinajstić information content (AvgIpc) is 2.72. The summed E-state index contributed by atoms with van der Waals surface area (Å²) < 4.78 is 5.52. The van der Waals surface area contributed by atoms with Crippen molar-refractivity contribution >= 4 is 0 Å². The van der Waals surface area contributed by atoms with E-state index in [9.17, 15) is 0 Å². The average molecular weight is 197 g/mol. The van der Waals surface area contributed by atoms with Crippen LogP contribution in [0.1, 0.15) is 32.6 Å². The van der Waals surface area contributed by atoms with Gasteiger partial charge in [-0.15, -0.1) is 0 Å². The number of rotatable bonds is 3. The van der Waals surface area contributed by atoms with Crippen LogP contribution in [0.2, 0.25) is 0 Å². The minimum atomic E-state index is 0.869. The van der Waals surface area contributed by atoms with E-state index in [2.05, 4.69) is 12.2 Å². The zero-order chi connectivity index (χ0) is 9.80. The lowest BCUT2D eigenvalue weighted by Gasteiger charge is -2.35. The molecule has 0 saturated carbocycles. The van der Waals surface area contributed by atoms with Crippen molar-refractivity contribution in [2.24, 2.45) is 17.8 Å². The Morgan fingerprint density at radius 2 is 2.29 bits per heavy atom. The molecular weight excluding hydrogens is 174 g/mol. The van der Waals surface area contributed by atoms with Gasteiger partial charge in [-0.2, -0.15) is 0 Å². The molecule has 0 aromatic rings. The van der Waals surface area contributed by atoms with Gasteiger partial charge in [0, 0.05) is 13.2 Å². The van der Waals surface area contributed by atoms with Gasteiger partial charge in [0.2, 0.25) is 0 Å². The van der Waals surface area contributed by atoms with E-state index in [1.165, 1.54) is 38.8 Å². The summed E-state index contributed by atoms with van der Waals surface area (Å²) in [7, 11) is 0. The van der Waals surface area contributed by atoms with Gasteiger partial charge in [0.15, 0.2) is 0 Å². The van der Waals surface area contributed by atoms with Gasteiger partial charge in [0.05, 0.1) is 0 Å². The lowest BCUT2D eigenvalue weighted by molar-refractivity contribution is 0.129. The standard InChI is InChI=1S/C12H23NO/c1-2-3-10-8-13-6-4-12(10)11-5-7-14-9-11/h10-13H,2-9H2,1H3. The third-order valence-corrected chi connectivity index (χ3v) is 3.90. The monoisotopic (exact) mass is 197 g/mol. The summed E-state index contributed by atoms with van der Waals surface area (Å²) in [6.45, 7) is 6.81. The number of piperidine rings is 1. The molecule has 2 heterocycles. The van der Waals surface area contributed by atoms with Crippen molar-refractivity contribution < 1.29 is 4.74 Å². The Morgan fingerprint density at radius 3 is 3.00 bits per heavy atom. The largest absolute Gasteiger partial charge is 0.381 e. The van der Waals surface area contributed by atoms with Crippen molar-refractivity contribution in [3.8, 4) is 0 Å². The molecule has 0 amide bonds. The van der Waals surface area contributed by atoms with Crippen LogP contribution in [-0.2, 0) is 4.74 Å². The molecule has 1 N–H and O–H groups in total. The van der Waals surface area contributed by atoms with Crippen molar-refractivity contribution in [3.05, 3.63) is 0 Å². The van der Waals surface area contributed by atoms with E-state index >= 15 is 0 Å². The van der Waals surface area contributed by atoms with Gasteiger partial charge in [-0.3, -0.25) is 0 Å². The van der Waals surface area contributed by atoms with Gasteiger partial charge in [0.25, 0.3) is 0 Å². The first-order chi connectivity index (χ1) is 6.92. The number of hydrogen-bond donors (Lipinski definition) is 1. The summed E-state index contributed by atoms with van der Waals surface area (Å²) in [5.74, 6) is 2.73. The van der Waals surface area contributed by atoms with Crippen LogP contribution in [0, 0.1) is 17.8 Å². The Morgan fingerprint density at radius 1 is 1.36 bits per heavy atom. The van der Waals surface area contributed by atoms with Crippen molar-refractivity contribution in [2.75, 3.05) is 26.3 Å². The molecule has 0 radical (unpaired) electrons. The Kier molecular flexibility index (Phi) is 3.82. The third kappa shape index (κ3) is 2.29. The maximum atomic E-state index is 5.52. The van der Waals surface area contributed by atoms with E-state index in [0.717, 1.165) is 31.0 Å². The van der Waals surface area contributed by atoms with Crippen molar-refractivity contribution in [1.29, 1.82) is 0 Å². The lowest BCUT2D eigenvalue weighted by atomic mass is 9.75. The molecule has 2 heteroatoms. The molecule has 2 aliphatic rings. The first-order valence-corrected chi connectivity index (χ1v) is 6.20. The highest BCUT2D eigenvalue weighted by atomic mass is 16.5. The van der Waals surface area contributed by atoms with E-state index in [1.807, 2.05) is 0 Å². The molecule has 2 rings (SSSR count). The van der Waals surface area contributed by atoms with Crippen LogP contribution in [0.5, 0.6) is 0 Å². The lowest BCUT2D eigenvalue weighted by Crippen LogP contribution is -2.40. The second-order valence-corrected chi connectivity index (χ2v) is 4.83. The molecule has 2 saturated heterocycles. The second-order valence-electron chi connectivity index (χ2n) is 4.83. The van der Waals surface area contributed by atoms with E-state index in [0.29, 0.717) is 0 Å². The maximum absolute atomic E-state index is 5.52. The summed E-state index contributed by atoms with van der Waals surface area (Å²) in [6.07, 6.45) is 5.41. The predicted octanol–water partition coefficient (Wildman–Crippen LogP) is 2.05. The Hall–Kier alpha value is -0.0800. The molecular formula is C12H23NO. The van der Waals surface area contributed by atoms with Gasteiger partial charge in [0.1, 0.15) is 0 Å². The first-order valence-electron chi connectivity index (χ1n) is 6.20. The number of nitrogens with one attached hydrogen (secondary N) is 1. The molecule has 0 aromatic heterocycles. The van der Waals surface area contributed by atoms with Gasteiger partial charge < -0.3 is 10.1 Å². The van der Waals surface area contributed by atoms with Crippen LogP contribution in [-0.4, -0.2) is 26.3 Å². The van der Waals surface area contributed by atoms with Crippen LogP contribution in [0.3, 0.4) is 0 Å². The Balaban J connectivity index is 1.91. The van der Waals surface area contributed by atoms with E-state index in [4.69, 9.17) is 4.74 Å². The highest BCUT2D eigenvalue weighted by Gasteiger charge is 2.33. The van der Waals surface area contributed by atoms with E-state index < -0.39 is 0 Å². The fraction of sp³-hybridized carbons (Fsp3) is 1.00. The predicted molar refractivity (Wildman–Crippen MR) is 58.3 cm³/mol. The Labute approximate surface area is 87.4 Å². The fourth-order valence-electron chi connectivity index (χ4n) is 3.14. The first kappa shape index (κ1) is 10.4. The third-order valence-electron chi connectivity index (χ3n) is 3.90. The molecule has 14 heavy (non-hydrogen) atoms. The normalized spacial score (nSPS) is 38.8. The van der Waals surface area contributed by atoms with Crippen LogP contribution >= 0.6 is 0 Å². The number of hydrogen-bond acceptors (Lipinski definition) is 2. The molecule has 3 unspecified atom stereocenters. The number of ether oxygens (including phenoxy) is 1. The summed E-state index contributed by atoms with van der Waals surface area (Å²) in [5.41, 5.74) is 0. The molecule has 2 nitrogen and oxygen atoms in total. The highest BCUT2D eigenvalue weighted by Crippen LogP contribution is 2.34. The Bertz CT molecular complexity index is 164. The highest BCUT2D eigenvalue weighted by molar-refractivity contribution is 4.84. The van der Waals surface area contributed by atoms with Gasteiger partial charge >= 0.3 is 0 Å². The summed E-state index contributed by atoms with van der Waals surface area (Å²) in [6, 6.07) is 0. The second kappa shape index (κ2) is 5.13. The van der Waals surface area contributed by atoms with E-state index in [-0.39, 0.29) is 0 Å². The minimum absolute atomic E-state index is 0.869. The zero-order valence-electron chi connectivity index (χ0n) is 9.30. The molecule has 0 spiro atoms. The summed E-state index contributed by atoms with van der Waals surface area (Å²) in [4.78, 5) is 0. The fourth-order valence-corrected chi connectivity index (χ4v) is 3.14. The molecule has 2 aliphatic heterocycles. The smallest absolute Gasteiger partial charge is 0.0497 e. The molecule has 82 valence electrons. The van der Waals surface area contributed by atoms with Crippen LogP contribution in [0.15, 0.2) is 0 Å². The van der Waals surface area contributed by atoms with Gasteiger partial charge in [-0.05, 0) is 50.1 Å². The topological polar surface area (TPSA) is 21.3 Å². The van der Waals surface area contributed by atoms with Crippen molar-refractivity contribution in [1.82, 2.24) is 5.32 Å².